The Morgan fingerprint density at radius 1 is 1.38 bits per heavy atom. The summed E-state index contributed by atoms with van der Waals surface area (Å²) in [6.07, 6.45) is 5.50. The Bertz CT molecular complexity index is 865. The van der Waals surface area contributed by atoms with Gasteiger partial charge in [0.2, 0.25) is 0 Å². The molecule has 1 unspecified atom stereocenters. The smallest absolute Gasteiger partial charge is 0.256 e. The zero-order valence-electron chi connectivity index (χ0n) is 13.8. The number of nitrogens with zero attached hydrogens (tertiary/aromatic N) is 4. The molecule has 6 heteroatoms. The number of benzene rings is 1. The molecule has 0 saturated carbocycles. The van der Waals surface area contributed by atoms with Crippen molar-refractivity contribution in [3.05, 3.63) is 48.2 Å². The predicted molar refractivity (Wildman–Crippen MR) is 91.7 cm³/mol. The van der Waals surface area contributed by atoms with E-state index in [9.17, 15) is 4.79 Å². The summed E-state index contributed by atoms with van der Waals surface area (Å²) in [5.74, 6) is 1.59. The third-order valence-corrected chi connectivity index (χ3v) is 4.90. The average molecular weight is 323 g/mol. The normalized spacial score (nSPS) is 17.7. The molecule has 24 heavy (non-hydrogen) atoms. The van der Waals surface area contributed by atoms with Crippen LogP contribution >= 0.6 is 0 Å². The SMILES string of the molecule is CCn1cnnc1CC1CCN(C(=O)c2c[nH]c3ccccc23)C1. The van der Waals surface area contributed by atoms with E-state index in [0.717, 1.165) is 54.8 Å². The Labute approximate surface area is 140 Å². The molecule has 3 heterocycles. The van der Waals surface area contributed by atoms with Gasteiger partial charge in [-0.2, -0.15) is 0 Å². The van der Waals surface area contributed by atoms with Crippen LogP contribution < -0.4 is 0 Å². The number of carbonyl (C=O) groups is 1. The van der Waals surface area contributed by atoms with E-state index in [1.54, 1.807) is 6.33 Å². The van der Waals surface area contributed by atoms with Gasteiger partial charge in [-0.3, -0.25) is 4.79 Å². The van der Waals surface area contributed by atoms with Crippen molar-refractivity contribution in [1.29, 1.82) is 0 Å². The number of likely N-dealkylation sites (tertiary alicyclic amines) is 1. The number of aryl methyl sites for hydroxylation is 1. The van der Waals surface area contributed by atoms with Crippen LogP contribution in [0.15, 0.2) is 36.8 Å². The molecule has 4 rings (SSSR count). The fraction of sp³-hybridized carbons (Fsp3) is 0.389. The van der Waals surface area contributed by atoms with E-state index in [-0.39, 0.29) is 5.91 Å². The van der Waals surface area contributed by atoms with Gasteiger partial charge in [0.1, 0.15) is 12.2 Å². The first-order valence-electron chi connectivity index (χ1n) is 8.48. The standard InChI is InChI=1S/C18H21N5O/c1-2-22-12-20-21-17(22)9-13-7-8-23(11-13)18(24)15-10-19-16-6-4-3-5-14(15)16/h3-6,10,12-13,19H,2,7-9,11H2,1H3. The first kappa shape index (κ1) is 14.9. The van der Waals surface area contributed by atoms with Crippen LogP contribution in [-0.4, -0.2) is 43.6 Å². The van der Waals surface area contributed by atoms with E-state index in [4.69, 9.17) is 0 Å². The van der Waals surface area contributed by atoms with Crippen LogP contribution in [0.2, 0.25) is 0 Å². The van der Waals surface area contributed by atoms with Gasteiger partial charge in [0.05, 0.1) is 5.56 Å². The second-order valence-corrected chi connectivity index (χ2v) is 6.39. The molecule has 2 aromatic heterocycles. The number of aromatic amines is 1. The van der Waals surface area contributed by atoms with Crippen LogP contribution in [0.4, 0.5) is 0 Å². The molecule has 1 atom stereocenters. The summed E-state index contributed by atoms with van der Waals surface area (Å²) in [6.45, 7) is 4.57. The summed E-state index contributed by atoms with van der Waals surface area (Å²) in [4.78, 5) is 18.0. The quantitative estimate of drug-likeness (QED) is 0.802. The maximum absolute atomic E-state index is 12.9. The summed E-state index contributed by atoms with van der Waals surface area (Å²) in [5, 5.41) is 9.20. The van der Waals surface area contributed by atoms with Crippen molar-refractivity contribution in [3.8, 4) is 0 Å². The minimum absolute atomic E-state index is 0.118. The van der Waals surface area contributed by atoms with E-state index in [0.29, 0.717) is 5.92 Å². The van der Waals surface area contributed by atoms with E-state index in [1.807, 2.05) is 35.4 Å². The van der Waals surface area contributed by atoms with Gasteiger partial charge in [0.15, 0.2) is 0 Å². The van der Waals surface area contributed by atoms with Crippen molar-refractivity contribution in [3.63, 3.8) is 0 Å². The maximum atomic E-state index is 12.9. The van der Waals surface area contributed by atoms with Crippen molar-refractivity contribution in [2.45, 2.75) is 26.3 Å². The first-order valence-corrected chi connectivity index (χ1v) is 8.48. The molecule has 6 nitrogen and oxygen atoms in total. The number of H-pyrrole nitrogens is 1. The Kier molecular flexibility index (Phi) is 3.80. The van der Waals surface area contributed by atoms with Gasteiger partial charge in [0.25, 0.3) is 5.91 Å². The highest BCUT2D eigenvalue weighted by Gasteiger charge is 2.29. The average Bonchev–Trinajstić information content (AvgIpc) is 3.34. The Morgan fingerprint density at radius 3 is 3.12 bits per heavy atom. The van der Waals surface area contributed by atoms with Crippen molar-refractivity contribution < 1.29 is 4.79 Å². The van der Waals surface area contributed by atoms with Crippen LogP contribution in [0.5, 0.6) is 0 Å². The van der Waals surface area contributed by atoms with Crippen molar-refractivity contribution in [2.24, 2.45) is 5.92 Å². The molecule has 1 amide bonds. The van der Waals surface area contributed by atoms with Crippen molar-refractivity contribution in [1.82, 2.24) is 24.6 Å². The van der Waals surface area contributed by atoms with Gasteiger partial charge in [-0.1, -0.05) is 18.2 Å². The number of fused-ring (bicyclic) bond motifs is 1. The molecule has 1 N–H and O–H groups in total. The van der Waals surface area contributed by atoms with Crippen LogP contribution in [0, 0.1) is 5.92 Å². The lowest BCUT2D eigenvalue weighted by Crippen LogP contribution is -2.29. The molecule has 1 fully saturated rings. The summed E-state index contributed by atoms with van der Waals surface area (Å²) < 4.78 is 2.07. The molecule has 124 valence electrons. The largest absolute Gasteiger partial charge is 0.360 e. The third kappa shape index (κ3) is 2.58. The molecule has 1 saturated heterocycles. The fourth-order valence-corrected chi connectivity index (χ4v) is 3.56. The second-order valence-electron chi connectivity index (χ2n) is 6.39. The molecular weight excluding hydrogens is 302 g/mol. The third-order valence-electron chi connectivity index (χ3n) is 4.90. The van der Waals surface area contributed by atoms with Crippen LogP contribution in [0.25, 0.3) is 10.9 Å². The first-order chi connectivity index (χ1) is 11.8. The van der Waals surface area contributed by atoms with E-state index >= 15 is 0 Å². The molecule has 0 bridgehead atoms. The lowest BCUT2D eigenvalue weighted by Gasteiger charge is -2.16. The van der Waals surface area contributed by atoms with E-state index < -0.39 is 0 Å². The number of amides is 1. The molecule has 1 aliphatic rings. The zero-order valence-corrected chi connectivity index (χ0v) is 13.8. The van der Waals surface area contributed by atoms with E-state index in [1.165, 1.54) is 0 Å². The van der Waals surface area contributed by atoms with Gasteiger partial charge < -0.3 is 14.5 Å². The summed E-state index contributed by atoms with van der Waals surface area (Å²) >= 11 is 0. The molecule has 0 radical (unpaired) electrons. The maximum Gasteiger partial charge on any atom is 0.256 e. The molecule has 3 aromatic rings. The van der Waals surface area contributed by atoms with Crippen LogP contribution in [0.1, 0.15) is 29.5 Å². The number of hydrogen-bond donors (Lipinski definition) is 1. The fourth-order valence-electron chi connectivity index (χ4n) is 3.56. The van der Waals surface area contributed by atoms with Gasteiger partial charge in [-0.15, -0.1) is 10.2 Å². The van der Waals surface area contributed by atoms with Gasteiger partial charge in [0, 0.05) is 43.2 Å². The minimum Gasteiger partial charge on any atom is -0.360 e. The summed E-state index contributed by atoms with van der Waals surface area (Å²) in [7, 11) is 0. The lowest BCUT2D eigenvalue weighted by molar-refractivity contribution is 0.0789. The number of rotatable bonds is 4. The second kappa shape index (κ2) is 6.11. The van der Waals surface area contributed by atoms with Gasteiger partial charge in [-0.05, 0) is 25.3 Å². The van der Waals surface area contributed by atoms with Crippen LogP contribution in [0.3, 0.4) is 0 Å². The summed E-state index contributed by atoms with van der Waals surface area (Å²) in [5.41, 5.74) is 1.77. The predicted octanol–water partition coefficient (Wildman–Crippen LogP) is 2.48. The van der Waals surface area contributed by atoms with Crippen molar-refractivity contribution >= 4 is 16.8 Å². The Hall–Kier alpha value is -2.63. The van der Waals surface area contributed by atoms with E-state index in [2.05, 4.69) is 26.7 Å². The van der Waals surface area contributed by atoms with Crippen LogP contribution in [-0.2, 0) is 13.0 Å². The molecule has 0 aliphatic carbocycles. The Balaban J connectivity index is 1.47. The molecule has 0 spiro atoms. The van der Waals surface area contributed by atoms with Gasteiger partial charge in [-0.25, -0.2) is 0 Å². The molecule has 1 aliphatic heterocycles. The Morgan fingerprint density at radius 2 is 2.25 bits per heavy atom. The highest BCUT2D eigenvalue weighted by Crippen LogP contribution is 2.25. The van der Waals surface area contributed by atoms with Gasteiger partial charge >= 0.3 is 0 Å². The number of nitrogens with one attached hydrogen (secondary N) is 1. The highest BCUT2D eigenvalue weighted by atomic mass is 16.2. The number of hydrogen-bond acceptors (Lipinski definition) is 3. The number of para-hydroxylation sites is 1. The van der Waals surface area contributed by atoms with Crippen molar-refractivity contribution in [2.75, 3.05) is 13.1 Å². The number of aromatic nitrogens is 4. The number of carbonyl (C=O) groups excluding carboxylic acids is 1. The summed E-state index contributed by atoms with van der Waals surface area (Å²) in [6, 6.07) is 7.94. The monoisotopic (exact) mass is 323 g/mol. The minimum atomic E-state index is 0.118. The molecular formula is C18H21N5O. The lowest BCUT2D eigenvalue weighted by atomic mass is 10.0. The molecule has 1 aromatic carbocycles. The topological polar surface area (TPSA) is 66.8 Å². The highest BCUT2D eigenvalue weighted by molar-refractivity contribution is 6.06. The zero-order chi connectivity index (χ0) is 16.5.